The zero-order chi connectivity index (χ0) is 13.1. The second-order valence-electron chi connectivity index (χ2n) is 4.99. The van der Waals surface area contributed by atoms with Crippen molar-refractivity contribution >= 4 is 17.1 Å². The number of rotatable bonds is 2. The Kier molecular flexibility index (Phi) is 3.32. The van der Waals surface area contributed by atoms with E-state index in [2.05, 4.69) is 66.4 Å². The van der Waals surface area contributed by atoms with Crippen molar-refractivity contribution in [3.8, 4) is 0 Å². The Balaban J connectivity index is 1.92. The van der Waals surface area contributed by atoms with Crippen LogP contribution in [-0.4, -0.2) is 12.3 Å². The van der Waals surface area contributed by atoms with Gasteiger partial charge in [0.05, 0.1) is 11.4 Å². The topological polar surface area (TPSA) is 15.6 Å². The molecule has 0 atom stereocenters. The average Bonchev–Trinajstić information content (AvgIpc) is 2.60. The van der Waals surface area contributed by atoms with Gasteiger partial charge in [0.25, 0.3) is 0 Å². The molecule has 0 N–H and O–H groups in total. The minimum atomic E-state index is 0.945. The van der Waals surface area contributed by atoms with Crippen molar-refractivity contribution in [2.45, 2.75) is 19.9 Å². The van der Waals surface area contributed by atoms with Crippen LogP contribution < -0.4 is 4.90 Å². The molecule has 0 amide bonds. The Bertz CT molecular complexity index is 587. The summed E-state index contributed by atoms with van der Waals surface area (Å²) in [7, 11) is 0. The Hall–Kier alpha value is -2.09. The number of nitrogens with zero attached hydrogens (tertiary/aromatic N) is 2. The summed E-state index contributed by atoms with van der Waals surface area (Å²) in [5.41, 5.74) is 4.89. The maximum absolute atomic E-state index is 4.71. The molecule has 1 aliphatic heterocycles. The predicted molar refractivity (Wildman–Crippen MR) is 81.3 cm³/mol. The Morgan fingerprint density at radius 3 is 2.58 bits per heavy atom. The fourth-order valence-electron chi connectivity index (χ4n) is 2.47. The van der Waals surface area contributed by atoms with Crippen molar-refractivity contribution in [2.24, 2.45) is 4.99 Å². The van der Waals surface area contributed by atoms with E-state index in [1.807, 2.05) is 0 Å². The van der Waals surface area contributed by atoms with E-state index in [4.69, 9.17) is 4.99 Å². The van der Waals surface area contributed by atoms with Gasteiger partial charge in [0.15, 0.2) is 0 Å². The first-order valence-corrected chi connectivity index (χ1v) is 6.75. The van der Waals surface area contributed by atoms with E-state index < -0.39 is 0 Å². The molecule has 2 aromatic carbocycles. The Morgan fingerprint density at radius 2 is 1.74 bits per heavy atom. The lowest BCUT2D eigenvalue weighted by Crippen LogP contribution is -2.24. The van der Waals surface area contributed by atoms with Crippen LogP contribution in [-0.2, 0) is 6.54 Å². The van der Waals surface area contributed by atoms with Crippen LogP contribution in [0.3, 0.4) is 0 Å². The highest BCUT2D eigenvalue weighted by atomic mass is 15.1. The molecule has 19 heavy (non-hydrogen) atoms. The number of hydrogen-bond acceptors (Lipinski definition) is 2. The van der Waals surface area contributed by atoms with Crippen LogP contribution in [0.25, 0.3) is 0 Å². The lowest BCUT2D eigenvalue weighted by Gasteiger charge is -2.24. The van der Waals surface area contributed by atoms with Gasteiger partial charge in [-0.05, 0) is 24.6 Å². The first-order valence-electron chi connectivity index (χ1n) is 6.75. The molecule has 0 aliphatic carbocycles. The highest BCUT2D eigenvalue weighted by molar-refractivity contribution is 5.88. The summed E-state index contributed by atoms with van der Waals surface area (Å²) in [6.45, 7) is 4.09. The SMILES string of the molecule is CC1=Nc2ccccc2N(Cc2ccccc2)CC1. The summed E-state index contributed by atoms with van der Waals surface area (Å²) < 4.78 is 0. The molecule has 0 fully saturated rings. The van der Waals surface area contributed by atoms with Crippen LogP contribution in [0.4, 0.5) is 11.4 Å². The Morgan fingerprint density at radius 1 is 1.00 bits per heavy atom. The van der Waals surface area contributed by atoms with E-state index in [9.17, 15) is 0 Å². The first kappa shape index (κ1) is 12.0. The highest BCUT2D eigenvalue weighted by Crippen LogP contribution is 2.32. The molecule has 0 bridgehead atoms. The summed E-state index contributed by atoms with van der Waals surface area (Å²) >= 11 is 0. The molecule has 2 nitrogen and oxygen atoms in total. The second kappa shape index (κ2) is 5.27. The van der Waals surface area contributed by atoms with Gasteiger partial charge in [-0.25, -0.2) is 0 Å². The predicted octanol–water partition coefficient (Wildman–Crippen LogP) is 4.19. The number of anilines is 1. The smallest absolute Gasteiger partial charge is 0.0862 e. The maximum Gasteiger partial charge on any atom is 0.0862 e. The number of aliphatic imine (C=N–C) groups is 1. The van der Waals surface area contributed by atoms with Crippen LogP contribution in [0.15, 0.2) is 59.6 Å². The fourth-order valence-corrected chi connectivity index (χ4v) is 2.47. The number of para-hydroxylation sites is 2. The van der Waals surface area contributed by atoms with Crippen LogP contribution in [0, 0.1) is 0 Å². The van der Waals surface area contributed by atoms with Gasteiger partial charge in [-0.15, -0.1) is 0 Å². The van der Waals surface area contributed by atoms with Gasteiger partial charge in [-0.1, -0.05) is 42.5 Å². The normalized spacial score (nSPS) is 14.6. The van der Waals surface area contributed by atoms with Crippen LogP contribution >= 0.6 is 0 Å². The van der Waals surface area contributed by atoms with Crippen molar-refractivity contribution in [1.82, 2.24) is 0 Å². The third kappa shape index (κ3) is 2.68. The summed E-state index contributed by atoms with van der Waals surface area (Å²) in [5.74, 6) is 0. The van der Waals surface area contributed by atoms with E-state index >= 15 is 0 Å². The fraction of sp³-hybridized carbons (Fsp3) is 0.235. The van der Waals surface area contributed by atoms with Gasteiger partial charge in [0.2, 0.25) is 0 Å². The molecule has 0 spiro atoms. The van der Waals surface area contributed by atoms with Crippen molar-refractivity contribution in [2.75, 3.05) is 11.4 Å². The molecular weight excluding hydrogens is 232 g/mol. The van der Waals surface area contributed by atoms with E-state index in [1.165, 1.54) is 17.0 Å². The minimum absolute atomic E-state index is 0.945. The molecule has 1 heterocycles. The number of fused-ring (bicyclic) bond motifs is 1. The lowest BCUT2D eigenvalue weighted by atomic mass is 10.2. The van der Waals surface area contributed by atoms with E-state index in [-0.39, 0.29) is 0 Å². The van der Waals surface area contributed by atoms with Crippen LogP contribution in [0.2, 0.25) is 0 Å². The molecule has 0 saturated heterocycles. The molecule has 0 unspecified atom stereocenters. The van der Waals surface area contributed by atoms with Gasteiger partial charge in [-0.2, -0.15) is 0 Å². The average molecular weight is 250 g/mol. The minimum Gasteiger partial charge on any atom is -0.365 e. The van der Waals surface area contributed by atoms with Gasteiger partial charge in [-0.3, -0.25) is 4.99 Å². The maximum atomic E-state index is 4.71. The summed E-state index contributed by atoms with van der Waals surface area (Å²) in [6, 6.07) is 19.0. The molecular formula is C17H18N2. The number of hydrogen-bond donors (Lipinski definition) is 0. The summed E-state index contributed by atoms with van der Waals surface area (Å²) in [6.07, 6.45) is 1.03. The zero-order valence-electron chi connectivity index (χ0n) is 11.2. The van der Waals surface area contributed by atoms with Crippen LogP contribution in [0.5, 0.6) is 0 Å². The van der Waals surface area contributed by atoms with Gasteiger partial charge in [0, 0.05) is 25.2 Å². The third-order valence-electron chi connectivity index (χ3n) is 3.49. The van der Waals surface area contributed by atoms with Crippen molar-refractivity contribution in [3.05, 3.63) is 60.2 Å². The highest BCUT2D eigenvalue weighted by Gasteiger charge is 2.14. The molecule has 96 valence electrons. The largest absolute Gasteiger partial charge is 0.365 e. The van der Waals surface area contributed by atoms with Gasteiger partial charge < -0.3 is 4.90 Å². The molecule has 2 aromatic rings. The van der Waals surface area contributed by atoms with Crippen molar-refractivity contribution in [1.29, 1.82) is 0 Å². The molecule has 0 aromatic heterocycles. The van der Waals surface area contributed by atoms with E-state index in [0.717, 1.165) is 25.2 Å². The third-order valence-corrected chi connectivity index (χ3v) is 3.49. The lowest BCUT2D eigenvalue weighted by molar-refractivity contribution is 0.811. The molecule has 0 saturated carbocycles. The quantitative estimate of drug-likeness (QED) is 0.780. The second-order valence-corrected chi connectivity index (χ2v) is 4.99. The monoisotopic (exact) mass is 250 g/mol. The van der Waals surface area contributed by atoms with Gasteiger partial charge >= 0.3 is 0 Å². The molecule has 0 radical (unpaired) electrons. The van der Waals surface area contributed by atoms with E-state index in [1.54, 1.807) is 0 Å². The summed E-state index contributed by atoms with van der Waals surface area (Å²) in [5, 5.41) is 0. The molecule has 1 aliphatic rings. The summed E-state index contributed by atoms with van der Waals surface area (Å²) in [4.78, 5) is 7.13. The number of benzene rings is 2. The first-order chi connectivity index (χ1) is 9.33. The van der Waals surface area contributed by atoms with Crippen molar-refractivity contribution in [3.63, 3.8) is 0 Å². The standard InChI is InChI=1S/C17H18N2/c1-14-11-12-19(13-15-7-3-2-4-8-15)17-10-6-5-9-16(17)18-14/h2-10H,11-13H2,1H3. The molecule has 3 rings (SSSR count). The van der Waals surface area contributed by atoms with Crippen molar-refractivity contribution < 1.29 is 0 Å². The molecule has 2 heteroatoms. The zero-order valence-corrected chi connectivity index (χ0v) is 11.2. The van der Waals surface area contributed by atoms with Gasteiger partial charge in [0.1, 0.15) is 0 Å². The van der Waals surface area contributed by atoms with E-state index in [0.29, 0.717) is 0 Å². The Labute approximate surface area is 114 Å². The van der Waals surface area contributed by atoms with Crippen LogP contribution in [0.1, 0.15) is 18.9 Å².